The van der Waals surface area contributed by atoms with E-state index in [4.69, 9.17) is 21.3 Å². The van der Waals surface area contributed by atoms with Gasteiger partial charge in [-0.15, -0.1) is 0 Å². The van der Waals surface area contributed by atoms with E-state index in [1.165, 1.54) is 11.1 Å². The fourth-order valence-corrected chi connectivity index (χ4v) is 5.91. The van der Waals surface area contributed by atoms with E-state index in [2.05, 4.69) is 87.2 Å². The second-order valence-corrected chi connectivity index (χ2v) is 12.3. The first kappa shape index (κ1) is 26.3. The molecule has 0 unspecified atom stereocenters. The molecule has 0 spiro atoms. The first-order chi connectivity index (χ1) is 20.3. The molecule has 0 N–H and O–H groups in total. The molecule has 206 valence electrons. The average Bonchev–Trinajstić information content (AvgIpc) is 3.00. The average molecular weight is 567 g/mol. The lowest BCUT2D eigenvalue weighted by Crippen LogP contribution is -2.16. The smallest absolute Gasteiger partial charge is 0.151 e. The minimum absolute atomic E-state index is 0.0769. The number of anilines is 3. The molecule has 2 heterocycles. The monoisotopic (exact) mass is 566 g/mol. The van der Waals surface area contributed by atoms with Crippen molar-refractivity contribution in [2.45, 2.75) is 33.1 Å². The highest BCUT2D eigenvalue weighted by molar-refractivity contribution is 6.30. The number of hydrogen-bond acceptors (Lipinski definition) is 3. The van der Waals surface area contributed by atoms with Gasteiger partial charge in [-0.3, -0.25) is 0 Å². The van der Waals surface area contributed by atoms with E-state index < -0.39 is 0 Å². The number of halogens is 1. The number of benzene rings is 5. The van der Waals surface area contributed by atoms with Crippen LogP contribution in [0.3, 0.4) is 0 Å². The van der Waals surface area contributed by atoms with Crippen LogP contribution in [0.15, 0.2) is 115 Å². The van der Waals surface area contributed by atoms with Crippen molar-refractivity contribution in [2.24, 2.45) is 0 Å². The molecule has 4 heteroatoms. The maximum Gasteiger partial charge on any atom is 0.151 e. The molecular weight excluding hydrogens is 536 g/mol. The summed E-state index contributed by atoms with van der Waals surface area (Å²) in [6.45, 7) is 8.91. The Bertz CT molecular complexity index is 1910. The molecule has 6 aromatic rings. The molecule has 0 fully saturated rings. The van der Waals surface area contributed by atoms with Gasteiger partial charge in [-0.2, -0.15) is 0 Å². The molecule has 0 bridgehead atoms. The molecule has 7 rings (SSSR count). The number of rotatable bonds is 3. The Labute approximate surface area is 252 Å². The van der Waals surface area contributed by atoms with Gasteiger partial charge in [-0.05, 0) is 83.1 Å². The number of fused-ring (bicyclic) bond motifs is 3. The van der Waals surface area contributed by atoms with E-state index in [-0.39, 0.29) is 5.41 Å². The molecule has 1 aliphatic rings. The summed E-state index contributed by atoms with van der Waals surface area (Å²) in [6, 6.07) is 39.9. The van der Waals surface area contributed by atoms with Gasteiger partial charge < -0.3 is 9.64 Å². The molecule has 0 atom stereocenters. The summed E-state index contributed by atoms with van der Waals surface area (Å²) in [5, 5.41) is 1.84. The fourth-order valence-electron chi connectivity index (χ4n) is 5.79. The van der Waals surface area contributed by atoms with E-state index >= 15 is 0 Å². The Hall–Kier alpha value is -4.60. The third-order valence-corrected chi connectivity index (χ3v) is 8.27. The van der Waals surface area contributed by atoms with Crippen molar-refractivity contribution in [3.05, 3.63) is 131 Å². The highest BCUT2D eigenvalue weighted by Gasteiger charge is 2.28. The van der Waals surface area contributed by atoms with Crippen molar-refractivity contribution in [1.82, 2.24) is 4.98 Å². The molecule has 42 heavy (non-hydrogen) atoms. The highest BCUT2D eigenvalue weighted by atomic mass is 35.5. The van der Waals surface area contributed by atoms with Crippen molar-refractivity contribution >= 4 is 39.6 Å². The number of nitrogens with zero attached hydrogens (tertiary/aromatic N) is 2. The number of para-hydroxylation sites is 4. The van der Waals surface area contributed by atoms with E-state index in [1.54, 1.807) is 0 Å². The lowest BCUT2D eigenvalue weighted by molar-refractivity contribution is 0.477. The minimum atomic E-state index is 0.0769. The zero-order chi connectivity index (χ0) is 29.0. The number of ether oxygens (including phenoxy) is 1. The van der Waals surface area contributed by atoms with Crippen molar-refractivity contribution in [2.75, 3.05) is 4.90 Å². The van der Waals surface area contributed by atoms with Gasteiger partial charge >= 0.3 is 0 Å². The third-order valence-electron chi connectivity index (χ3n) is 8.02. The first-order valence-electron chi connectivity index (χ1n) is 14.3. The Kier molecular flexibility index (Phi) is 6.29. The van der Waals surface area contributed by atoms with E-state index in [1.807, 2.05) is 60.7 Å². The van der Waals surface area contributed by atoms with Crippen LogP contribution in [0.4, 0.5) is 17.1 Å². The maximum atomic E-state index is 6.33. The summed E-state index contributed by atoms with van der Waals surface area (Å²) in [5.41, 5.74) is 10.7. The standard InChI is InChI=1S/C38H31ClN2O/c1-24-13-22-33(41-31-9-5-7-11-34(31)42-35-12-8-6-10-32(35)41)37-36(24)29(25-14-18-27(19-15-25)38(2,3)4)23-30(40-37)26-16-20-28(39)21-17-26/h5-23H,1-4H3. The molecule has 0 saturated carbocycles. The van der Waals surface area contributed by atoms with Gasteiger partial charge in [0.1, 0.15) is 0 Å². The molecule has 0 aliphatic carbocycles. The van der Waals surface area contributed by atoms with Gasteiger partial charge in [-0.1, -0.05) is 99.1 Å². The Balaban J connectivity index is 1.54. The van der Waals surface area contributed by atoms with Crippen LogP contribution in [0.2, 0.25) is 5.02 Å². The van der Waals surface area contributed by atoms with Crippen LogP contribution in [-0.4, -0.2) is 4.98 Å². The van der Waals surface area contributed by atoms with Gasteiger partial charge in [0.25, 0.3) is 0 Å². The number of pyridine rings is 1. The van der Waals surface area contributed by atoms with E-state index in [9.17, 15) is 0 Å². The van der Waals surface area contributed by atoms with Gasteiger partial charge in [0.05, 0.1) is 28.3 Å². The molecule has 5 aromatic carbocycles. The van der Waals surface area contributed by atoms with Crippen LogP contribution in [0, 0.1) is 6.92 Å². The summed E-state index contributed by atoms with van der Waals surface area (Å²) in [6.07, 6.45) is 0. The first-order valence-corrected chi connectivity index (χ1v) is 14.6. The summed E-state index contributed by atoms with van der Waals surface area (Å²) >= 11 is 6.28. The predicted octanol–water partition coefficient (Wildman–Crippen LogP) is 11.4. The van der Waals surface area contributed by atoms with Crippen LogP contribution >= 0.6 is 11.6 Å². The second kappa shape index (κ2) is 10.0. The van der Waals surface area contributed by atoms with Crippen LogP contribution in [0.1, 0.15) is 31.9 Å². The van der Waals surface area contributed by atoms with Gasteiger partial charge in [0, 0.05) is 16.0 Å². The van der Waals surface area contributed by atoms with Crippen molar-refractivity contribution in [3.63, 3.8) is 0 Å². The number of aromatic nitrogens is 1. The lowest BCUT2D eigenvalue weighted by Gasteiger charge is -2.33. The topological polar surface area (TPSA) is 25.4 Å². The van der Waals surface area contributed by atoms with Crippen molar-refractivity contribution < 1.29 is 4.74 Å². The summed E-state index contributed by atoms with van der Waals surface area (Å²) in [4.78, 5) is 7.65. The molecule has 0 radical (unpaired) electrons. The summed E-state index contributed by atoms with van der Waals surface area (Å²) in [5.74, 6) is 1.63. The Morgan fingerprint density at radius 1 is 0.667 bits per heavy atom. The quantitative estimate of drug-likeness (QED) is 0.213. The summed E-state index contributed by atoms with van der Waals surface area (Å²) in [7, 11) is 0. The Morgan fingerprint density at radius 3 is 1.88 bits per heavy atom. The van der Waals surface area contributed by atoms with Gasteiger partial charge in [0.15, 0.2) is 11.5 Å². The molecular formula is C38H31ClN2O. The molecule has 3 nitrogen and oxygen atoms in total. The number of aryl methyl sites for hydroxylation is 1. The fraction of sp³-hybridized carbons (Fsp3) is 0.132. The normalized spacial score (nSPS) is 12.5. The van der Waals surface area contributed by atoms with Gasteiger partial charge in [0.2, 0.25) is 0 Å². The molecule has 1 aliphatic heterocycles. The molecule has 0 amide bonds. The van der Waals surface area contributed by atoms with Crippen LogP contribution in [-0.2, 0) is 5.41 Å². The highest BCUT2D eigenvalue weighted by Crippen LogP contribution is 2.52. The van der Waals surface area contributed by atoms with Crippen LogP contribution < -0.4 is 9.64 Å². The SMILES string of the molecule is Cc1ccc(N2c3ccccc3Oc3ccccc32)c2nc(-c3ccc(Cl)cc3)cc(-c3ccc(C(C)(C)C)cc3)c12. The predicted molar refractivity (Wildman–Crippen MR) is 176 cm³/mol. The maximum absolute atomic E-state index is 6.33. The summed E-state index contributed by atoms with van der Waals surface area (Å²) < 4.78 is 6.33. The van der Waals surface area contributed by atoms with Crippen molar-refractivity contribution in [1.29, 1.82) is 0 Å². The van der Waals surface area contributed by atoms with E-state index in [0.717, 1.165) is 61.8 Å². The zero-order valence-electron chi connectivity index (χ0n) is 24.2. The minimum Gasteiger partial charge on any atom is -0.453 e. The largest absolute Gasteiger partial charge is 0.453 e. The lowest BCUT2D eigenvalue weighted by atomic mass is 9.85. The zero-order valence-corrected chi connectivity index (χ0v) is 24.9. The van der Waals surface area contributed by atoms with Gasteiger partial charge in [-0.25, -0.2) is 4.98 Å². The van der Waals surface area contributed by atoms with Crippen LogP contribution in [0.25, 0.3) is 33.3 Å². The van der Waals surface area contributed by atoms with Crippen molar-refractivity contribution in [3.8, 4) is 33.9 Å². The Morgan fingerprint density at radius 2 is 1.26 bits per heavy atom. The number of hydrogen-bond donors (Lipinski definition) is 0. The van der Waals surface area contributed by atoms with E-state index in [0.29, 0.717) is 5.02 Å². The third kappa shape index (κ3) is 4.51. The molecule has 1 aromatic heterocycles. The molecule has 0 saturated heterocycles. The van der Waals surface area contributed by atoms with Crippen LogP contribution in [0.5, 0.6) is 11.5 Å². The second-order valence-electron chi connectivity index (χ2n) is 11.9.